The highest BCUT2D eigenvalue weighted by atomic mass is 16.3. The molecule has 4 N–H and O–H groups in total. The van der Waals surface area contributed by atoms with Crippen molar-refractivity contribution >= 4 is 17.0 Å². The predicted octanol–water partition coefficient (Wildman–Crippen LogP) is 0.858. The van der Waals surface area contributed by atoms with E-state index < -0.39 is 0 Å². The van der Waals surface area contributed by atoms with E-state index in [9.17, 15) is 5.11 Å². The average molecular weight is 218 g/mol. The molecule has 0 bridgehead atoms. The molecule has 1 fully saturated rings. The molecular weight excluding hydrogens is 204 g/mol. The third-order valence-corrected chi connectivity index (χ3v) is 3.13. The first-order valence-corrected chi connectivity index (χ1v) is 5.43. The molecule has 1 aliphatic heterocycles. The molecule has 2 heterocycles. The molecule has 2 aromatic rings. The van der Waals surface area contributed by atoms with Gasteiger partial charge in [-0.15, -0.1) is 0 Å². The number of anilines is 1. The summed E-state index contributed by atoms with van der Waals surface area (Å²) < 4.78 is 2.01. The maximum atomic E-state index is 9.70. The number of rotatable bonds is 1. The molecule has 1 unspecified atom stereocenters. The third-order valence-electron chi connectivity index (χ3n) is 3.13. The van der Waals surface area contributed by atoms with Crippen LogP contribution in [0.3, 0.4) is 0 Å². The Bertz CT molecular complexity index is 528. The first-order valence-electron chi connectivity index (χ1n) is 5.43. The summed E-state index contributed by atoms with van der Waals surface area (Å²) in [5.41, 5.74) is 7.41. The van der Waals surface area contributed by atoms with Gasteiger partial charge >= 0.3 is 0 Å². The molecule has 3 rings (SSSR count). The van der Waals surface area contributed by atoms with Crippen LogP contribution in [0.15, 0.2) is 18.2 Å². The number of nitrogens with zero attached hydrogens (tertiary/aromatic N) is 2. The summed E-state index contributed by atoms with van der Waals surface area (Å²) in [6.45, 7) is 1.91. The molecule has 0 saturated carbocycles. The van der Waals surface area contributed by atoms with E-state index in [1.54, 1.807) is 6.07 Å². The zero-order chi connectivity index (χ0) is 11.1. The Kier molecular flexibility index (Phi) is 2.00. The van der Waals surface area contributed by atoms with Crippen LogP contribution in [0.4, 0.5) is 5.95 Å². The number of hydrogen-bond acceptors (Lipinski definition) is 4. The molecule has 16 heavy (non-hydrogen) atoms. The molecule has 5 nitrogen and oxygen atoms in total. The molecule has 0 amide bonds. The number of aromatic hydroxyl groups is 1. The second-order valence-corrected chi connectivity index (χ2v) is 4.13. The van der Waals surface area contributed by atoms with Gasteiger partial charge in [-0.25, -0.2) is 4.98 Å². The highest BCUT2D eigenvalue weighted by molar-refractivity contribution is 5.84. The molecule has 0 aliphatic carbocycles. The van der Waals surface area contributed by atoms with Crippen LogP contribution in [0.25, 0.3) is 11.0 Å². The van der Waals surface area contributed by atoms with Crippen molar-refractivity contribution in [3.63, 3.8) is 0 Å². The number of nitrogens with one attached hydrogen (secondary N) is 1. The van der Waals surface area contributed by atoms with Gasteiger partial charge in [0.25, 0.3) is 0 Å². The fraction of sp³-hybridized carbons (Fsp3) is 0.364. The number of phenolic OH excluding ortho intramolecular Hbond substituents is 1. The van der Waals surface area contributed by atoms with Crippen molar-refractivity contribution in [2.75, 3.05) is 18.8 Å². The van der Waals surface area contributed by atoms with Crippen LogP contribution in [0.5, 0.6) is 5.75 Å². The molecular formula is C11H14N4O. The number of hydrogen-bond donors (Lipinski definition) is 3. The number of nitrogens with two attached hydrogens (primary N) is 1. The van der Waals surface area contributed by atoms with Crippen LogP contribution in [0.2, 0.25) is 0 Å². The van der Waals surface area contributed by atoms with Gasteiger partial charge in [0.15, 0.2) is 0 Å². The fourth-order valence-electron chi connectivity index (χ4n) is 2.36. The normalized spacial score (nSPS) is 20.6. The molecule has 84 valence electrons. The van der Waals surface area contributed by atoms with E-state index in [1.807, 2.05) is 16.7 Å². The van der Waals surface area contributed by atoms with E-state index >= 15 is 0 Å². The summed E-state index contributed by atoms with van der Waals surface area (Å²) in [5.74, 6) is 0.666. The second kappa shape index (κ2) is 3.38. The lowest BCUT2D eigenvalue weighted by molar-refractivity contribution is 0.480. The molecule has 0 spiro atoms. The van der Waals surface area contributed by atoms with Crippen molar-refractivity contribution in [2.45, 2.75) is 12.5 Å². The minimum atomic E-state index is 0.189. The van der Waals surface area contributed by atoms with E-state index in [1.165, 1.54) is 0 Å². The first kappa shape index (κ1) is 9.47. The molecule has 5 heteroatoms. The highest BCUT2D eigenvalue weighted by Crippen LogP contribution is 2.30. The summed E-state index contributed by atoms with van der Waals surface area (Å²) in [5, 5.41) is 13.0. The molecule has 1 atom stereocenters. The molecule has 1 saturated heterocycles. The van der Waals surface area contributed by atoms with Gasteiger partial charge in [0.2, 0.25) is 5.95 Å². The topological polar surface area (TPSA) is 76.1 Å². The first-order chi connectivity index (χ1) is 7.77. The van der Waals surface area contributed by atoms with Gasteiger partial charge in [0.05, 0.1) is 11.6 Å². The summed E-state index contributed by atoms with van der Waals surface area (Å²) in [6.07, 6.45) is 1.05. The monoisotopic (exact) mass is 218 g/mol. The molecule has 1 aliphatic rings. The van der Waals surface area contributed by atoms with Crippen LogP contribution in [-0.4, -0.2) is 27.7 Å². The Labute approximate surface area is 92.9 Å². The Morgan fingerprint density at radius 1 is 1.50 bits per heavy atom. The van der Waals surface area contributed by atoms with Crippen molar-refractivity contribution in [3.8, 4) is 5.75 Å². The van der Waals surface area contributed by atoms with E-state index in [0.29, 0.717) is 17.5 Å². The van der Waals surface area contributed by atoms with Crippen LogP contribution in [0, 0.1) is 0 Å². The lowest BCUT2D eigenvalue weighted by Gasteiger charge is -2.13. The van der Waals surface area contributed by atoms with E-state index in [4.69, 9.17) is 5.73 Å². The SMILES string of the molecule is Nc1nc2c(O)cccc2n1C1CCNC1. The Morgan fingerprint density at radius 3 is 3.12 bits per heavy atom. The minimum Gasteiger partial charge on any atom is -0.506 e. The van der Waals surface area contributed by atoms with E-state index in [0.717, 1.165) is 25.0 Å². The van der Waals surface area contributed by atoms with E-state index in [-0.39, 0.29) is 5.75 Å². The van der Waals surface area contributed by atoms with Gasteiger partial charge in [-0.3, -0.25) is 0 Å². The molecule has 1 aromatic heterocycles. The summed E-state index contributed by atoms with van der Waals surface area (Å²) in [7, 11) is 0. The smallest absolute Gasteiger partial charge is 0.201 e. The number of imidazole rings is 1. The van der Waals surface area contributed by atoms with Gasteiger partial charge in [0, 0.05) is 6.54 Å². The van der Waals surface area contributed by atoms with Crippen molar-refractivity contribution in [2.24, 2.45) is 0 Å². The zero-order valence-electron chi connectivity index (χ0n) is 8.85. The van der Waals surface area contributed by atoms with Gasteiger partial charge in [0.1, 0.15) is 11.3 Å². The number of fused-ring (bicyclic) bond motifs is 1. The Balaban J connectivity index is 2.22. The van der Waals surface area contributed by atoms with Crippen LogP contribution in [0.1, 0.15) is 12.5 Å². The second-order valence-electron chi connectivity index (χ2n) is 4.13. The fourth-order valence-corrected chi connectivity index (χ4v) is 2.36. The van der Waals surface area contributed by atoms with Crippen LogP contribution in [-0.2, 0) is 0 Å². The lowest BCUT2D eigenvalue weighted by atomic mass is 10.2. The van der Waals surface area contributed by atoms with Crippen LogP contribution < -0.4 is 11.1 Å². The lowest BCUT2D eigenvalue weighted by Crippen LogP contribution is -2.15. The van der Waals surface area contributed by atoms with Crippen molar-refractivity contribution < 1.29 is 5.11 Å². The van der Waals surface area contributed by atoms with Gasteiger partial charge in [-0.05, 0) is 25.1 Å². The largest absolute Gasteiger partial charge is 0.506 e. The molecule has 0 radical (unpaired) electrons. The number of para-hydroxylation sites is 1. The maximum absolute atomic E-state index is 9.70. The third kappa shape index (κ3) is 1.25. The standard InChI is InChI=1S/C11H14N4O/c12-11-14-10-8(2-1-3-9(10)16)15(11)7-4-5-13-6-7/h1-3,7,13,16H,4-6H2,(H2,12,14). The zero-order valence-corrected chi connectivity index (χ0v) is 8.85. The van der Waals surface area contributed by atoms with Crippen molar-refractivity contribution in [3.05, 3.63) is 18.2 Å². The molecule has 1 aromatic carbocycles. The summed E-state index contributed by atoms with van der Waals surface area (Å²) >= 11 is 0. The van der Waals surface area contributed by atoms with Crippen molar-refractivity contribution in [1.29, 1.82) is 0 Å². The Hall–Kier alpha value is -1.75. The summed E-state index contributed by atoms with van der Waals surface area (Å²) in [6, 6.07) is 5.73. The van der Waals surface area contributed by atoms with Crippen molar-refractivity contribution in [1.82, 2.24) is 14.9 Å². The number of aromatic nitrogens is 2. The average Bonchev–Trinajstić information content (AvgIpc) is 2.85. The van der Waals surface area contributed by atoms with Crippen LogP contribution >= 0.6 is 0 Å². The predicted molar refractivity (Wildman–Crippen MR) is 62.3 cm³/mol. The number of nitrogen functional groups attached to an aromatic ring is 1. The number of benzene rings is 1. The number of phenols is 1. The maximum Gasteiger partial charge on any atom is 0.201 e. The summed E-state index contributed by atoms with van der Waals surface area (Å²) in [4.78, 5) is 4.22. The highest BCUT2D eigenvalue weighted by Gasteiger charge is 2.21. The minimum absolute atomic E-state index is 0.189. The van der Waals surface area contributed by atoms with Gasteiger partial charge < -0.3 is 20.7 Å². The Morgan fingerprint density at radius 2 is 2.38 bits per heavy atom. The van der Waals surface area contributed by atoms with Gasteiger partial charge in [-0.2, -0.15) is 0 Å². The quantitative estimate of drug-likeness (QED) is 0.663. The van der Waals surface area contributed by atoms with E-state index in [2.05, 4.69) is 10.3 Å². The van der Waals surface area contributed by atoms with Gasteiger partial charge in [-0.1, -0.05) is 6.07 Å².